The number of rotatable bonds is 2. The molecule has 1 fully saturated rings. The normalized spacial score (nSPS) is 20.3. The molecule has 1 aliphatic heterocycles. The third-order valence-electron chi connectivity index (χ3n) is 3.91. The summed E-state index contributed by atoms with van der Waals surface area (Å²) in [6.45, 7) is 1.07. The van der Waals surface area contributed by atoms with E-state index in [0.29, 0.717) is 11.7 Å². The van der Waals surface area contributed by atoms with E-state index >= 15 is 0 Å². The molecule has 3 heteroatoms. The van der Waals surface area contributed by atoms with Crippen LogP contribution in [-0.2, 0) is 11.2 Å². The zero-order valence-electron chi connectivity index (χ0n) is 10.6. The number of hydrogen-bond donors (Lipinski definition) is 1. The van der Waals surface area contributed by atoms with E-state index in [0.717, 1.165) is 44.4 Å². The Labute approximate surface area is 113 Å². The Morgan fingerprint density at radius 2 is 2.11 bits per heavy atom. The van der Waals surface area contributed by atoms with Crippen molar-refractivity contribution in [3.05, 3.63) is 23.8 Å². The molecule has 96 valence electrons. The lowest BCUT2D eigenvalue weighted by molar-refractivity contribution is -0.121. The lowest BCUT2D eigenvalue weighted by Gasteiger charge is -2.22. The molecule has 0 bridgehead atoms. The van der Waals surface area contributed by atoms with Gasteiger partial charge in [-0.25, -0.2) is 0 Å². The zero-order valence-corrected chi connectivity index (χ0v) is 11.4. The van der Waals surface area contributed by atoms with Crippen LogP contribution in [0.15, 0.2) is 23.1 Å². The molecule has 0 unspecified atom stereocenters. The second kappa shape index (κ2) is 5.35. The van der Waals surface area contributed by atoms with E-state index in [2.05, 4.69) is 23.5 Å². The average molecular weight is 261 g/mol. The lowest BCUT2D eigenvalue weighted by Crippen LogP contribution is -2.16. The van der Waals surface area contributed by atoms with Crippen LogP contribution in [-0.4, -0.2) is 18.1 Å². The highest BCUT2D eigenvalue weighted by Gasteiger charge is 2.19. The number of carbonyl (C=O) groups is 1. The standard InChI is InChI=1S/C15H19NOS/c17-13-4-1-11(2-5-13)9-12-3-6-15-14(10-12)16-7-8-18-15/h3,6,10-11,16H,1-2,4-5,7-9H2. The number of ketones is 1. The number of hydrogen-bond acceptors (Lipinski definition) is 3. The van der Waals surface area contributed by atoms with Crippen LogP contribution in [0.1, 0.15) is 31.2 Å². The molecular formula is C15H19NOS. The Morgan fingerprint density at radius 3 is 2.94 bits per heavy atom. The fraction of sp³-hybridized carbons (Fsp3) is 0.533. The van der Waals surface area contributed by atoms with Crippen molar-refractivity contribution in [1.29, 1.82) is 0 Å². The van der Waals surface area contributed by atoms with Gasteiger partial charge in [0.15, 0.2) is 0 Å². The maximum Gasteiger partial charge on any atom is 0.132 e. The van der Waals surface area contributed by atoms with Crippen molar-refractivity contribution < 1.29 is 4.79 Å². The molecule has 0 spiro atoms. The summed E-state index contributed by atoms with van der Waals surface area (Å²) in [6, 6.07) is 6.81. The summed E-state index contributed by atoms with van der Waals surface area (Å²) in [7, 11) is 0. The minimum absolute atomic E-state index is 0.453. The van der Waals surface area contributed by atoms with Crippen LogP contribution < -0.4 is 5.32 Å². The van der Waals surface area contributed by atoms with Crippen molar-refractivity contribution in [2.24, 2.45) is 5.92 Å². The van der Waals surface area contributed by atoms with Crippen molar-refractivity contribution in [3.63, 3.8) is 0 Å². The van der Waals surface area contributed by atoms with Gasteiger partial charge in [0.2, 0.25) is 0 Å². The number of nitrogens with one attached hydrogen (secondary N) is 1. The molecule has 0 saturated heterocycles. The van der Waals surface area contributed by atoms with Crippen molar-refractivity contribution >= 4 is 23.2 Å². The second-order valence-electron chi connectivity index (χ2n) is 5.29. The third-order valence-corrected chi connectivity index (χ3v) is 4.98. The van der Waals surface area contributed by atoms with Gasteiger partial charge in [0.1, 0.15) is 5.78 Å². The van der Waals surface area contributed by atoms with Crippen LogP contribution in [0.3, 0.4) is 0 Å². The van der Waals surface area contributed by atoms with Crippen molar-refractivity contribution in [2.75, 3.05) is 17.6 Å². The summed E-state index contributed by atoms with van der Waals surface area (Å²) in [4.78, 5) is 12.6. The van der Waals surface area contributed by atoms with Gasteiger partial charge in [0, 0.05) is 35.7 Å². The number of benzene rings is 1. The van der Waals surface area contributed by atoms with Crippen molar-refractivity contribution in [2.45, 2.75) is 37.0 Å². The van der Waals surface area contributed by atoms with Crippen molar-refractivity contribution in [3.8, 4) is 0 Å². The van der Waals surface area contributed by atoms with Gasteiger partial charge < -0.3 is 5.32 Å². The van der Waals surface area contributed by atoms with Gasteiger partial charge in [0.25, 0.3) is 0 Å². The van der Waals surface area contributed by atoms with Crippen LogP contribution in [0.2, 0.25) is 0 Å². The van der Waals surface area contributed by atoms with Gasteiger partial charge in [-0.05, 0) is 42.9 Å². The van der Waals surface area contributed by atoms with Crippen LogP contribution in [0.25, 0.3) is 0 Å². The minimum Gasteiger partial charge on any atom is -0.383 e. The fourth-order valence-corrected chi connectivity index (χ4v) is 3.73. The van der Waals surface area contributed by atoms with Gasteiger partial charge in [0.05, 0.1) is 0 Å². The number of anilines is 1. The molecular weight excluding hydrogens is 242 g/mol. The molecule has 1 aromatic rings. The Balaban J connectivity index is 1.67. The van der Waals surface area contributed by atoms with Crippen LogP contribution in [0, 0.1) is 5.92 Å². The van der Waals surface area contributed by atoms with Gasteiger partial charge in [-0.15, -0.1) is 11.8 Å². The Hall–Kier alpha value is -0.960. The third kappa shape index (κ3) is 2.72. The molecule has 18 heavy (non-hydrogen) atoms. The molecule has 0 radical (unpaired) electrons. The van der Waals surface area contributed by atoms with E-state index < -0.39 is 0 Å². The van der Waals surface area contributed by atoms with Crippen LogP contribution in [0.4, 0.5) is 5.69 Å². The van der Waals surface area contributed by atoms with Gasteiger partial charge in [-0.1, -0.05) is 6.07 Å². The molecule has 1 N–H and O–H groups in total. The molecule has 0 atom stereocenters. The number of Topliss-reactive ketones (excluding diaryl/α,β-unsaturated/α-hetero) is 1. The van der Waals surface area contributed by atoms with E-state index in [-0.39, 0.29) is 0 Å². The first-order valence-electron chi connectivity index (χ1n) is 6.82. The topological polar surface area (TPSA) is 29.1 Å². The summed E-state index contributed by atoms with van der Waals surface area (Å²) in [6.07, 6.45) is 4.89. The largest absolute Gasteiger partial charge is 0.383 e. The fourth-order valence-electron chi connectivity index (χ4n) is 2.85. The first-order valence-corrected chi connectivity index (χ1v) is 7.81. The van der Waals surface area contributed by atoms with Gasteiger partial charge >= 0.3 is 0 Å². The SMILES string of the molecule is O=C1CCC(Cc2ccc3c(c2)NCCS3)CC1. The number of fused-ring (bicyclic) bond motifs is 1. The molecule has 1 heterocycles. The zero-order chi connectivity index (χ0) is 12.4. The van der Waals surface area contributed by atoms with E-state index in [1.54, 1.807) is 0 Å². The predicted molar refractivity (Wildman–Crippen MR) is 76.3 cm³/mol. The van der Waals surface area contributed by atoms with Gasteiger partial charge in [-0.3, -0.25) is 4.79 Å². The molecule has 0 amide bonds. The lowest BCUT2D eigenvalue weighted by atomic mass is 9.84. The molecule has 1 saturated carbocycles. The summed E-state index contributed by atoms with van der Waals surface area (Å²) in [5, 5.41) is 3.47. The average Bonchev–Trinajstić information content (AvgIpc) is 2.41. The molecule has 2 aliphatic rings. The quantitative estimate of drug-likeness (QED) is 0.883. The highest BCUT2D eigenvalue weighted by molar-refractivity contribution is 7.99. The van der Waals surface area contributed by atoms with Crippen molar-refractivity contribution in [1.82, 2.24) is 0 Å². The van der Waals surface area contributed by atoms with Crippen LogP contribution >= 0.6 is 11.8 Å². The van der Waals surface area contributed by atoms with E-state index in [1.165, 1.54) is 16.1 Å². The van der Waals surface area contributed by atoms with E-state index in [9.17, 15) is 4.79 Å². The summed E-state index contributed by atoms with van der Waals surface area (Å²) < 4.78 is 0. The van der Waals surface area contributed by atoms with Crippen LogP contribution in [0.5, 0.6) is 0 Å². The maximum absolute atomic E-state index is 11.2. The molecule has 3 rings (SSSR count). The summed E-state index contributed by atoms with van der Waals surface area (Å²) in [5.41, 5.74) is 2.72. The predicted octanol–water partition coefficient (Wildman–Crippen LogP) is 3.51. The summed E-state index contributed by atoms with van der Waals surface area (Å²) >= 11 is 1.94. The Bertz CT molecular complexity index is 448. The first kappa shape index (κ1) is 12.1. The molecule has 0 aromatic heterocycles. The summed E-state index contributed by atoms with van der Waals surface area (Å²) in [5.74, 6) is 2.32. The number of carbonyl (C=O) groups excluding carboxylic acids is 1. The Morgan fingerprint density at radius 1 is 1.28 bits per heavy atom. The Kier molecular flexibility index (Phi) is 3.59. The van der Waals surface area contributed by atoms with Gasteiger partial charge in [-0.2, -0.15) is 0 Å². The van der Waals surface area contributed by atoms with E-state index in [1.807, 2.05) is 11.8 Å². The molecule has 1 aromatic carbocycles. The second-order valence-corrected chi connectivity index (χ2v) is 6.43. The highest BCUT2D eigenvalue weighted by atomic mass is 32.2. The van der Waals surface area contributed by atoms with E-state index in [4.69, 9.17) is 0 Å². The molecule has 2 nitrogen and oxygen atoms in total. The monoisotopic (exact) mass is 261 g/mol. The smallest absolute Gasteiger partial charge is 0.132 e. The highest BCUT2D eigenvalue weighted by Crippen LogP contribution is 2.33. The number of thioether (sulfide) groups is 1. The maximum atomic E-state index is 11.2. The minimum atomic E-state index is 0.453. The first-order chi connectivity index (χ1) is 8.81. The molecule has 1 aliphatic carbocycles.